The first kappa shape index (κ1) is 8.27. The Morgan fingerprint density at radius 1 is 1.36 bits per heavy atom. The Hall–Kier alpha value is -0.830. The molecule has 0 amide bonds. The topological polar surface area (TPSA) is 66.8 Å². The van der Waals surface area contributed by atoms with Crippen LogP contribution in [0.4, 0.5) is 0 Å². The summed E-state index contributed by atoms with van der Waals surface area (Å²) in [6.07, 6.45) is 0. The van der Waals surface area contributed by atoms with Crippen LogP contribution in [0.1, 0.15) is 0 Å². The Balaban J connectivity index is 2.74. The molecule has 0 aliphatic carbocycles. The van der Waals surface area contributed by atoms with E-state index in [4.69, 9.17) is 9.79 Å². The zero-order chi connectivity index (χ0) is 8.32. The highest BCUT2D eigenvalue weighted by Gasteiger charge is 2.14. The molecule has 0 saturated carbocycles. The van der Waals surface area contributed by atoms with Gasteiger partial charge in [-0.15, -0.1) is 0 Å². The van der Waals surface area contributed by atoms with Crippen LogP contribution in [-0.4, -0.2) is 9.79 Å². The molecule has 1 radical (unpaired) electrons. The van der Waals surface area contributed by atoms with E-state index < -0.39 is 7.82 Å². The molecule has 1 aromatic rings. The van der Waals surface area contributed by atoms with Crippen molar-refractivity contribution >= 4 is 7.82 Å². The molecule has 0 unspecified atom stereocenters. The van der Waals surface area contributed by atoms with Gasteiger partial charge in [-0.2, -0.15) is 0 Å². The van der Waals surface area contributed by atoms with Gasteiger partial charge >= 0.3 is 7.82 Å². The summed E-state index contributed by atoms with van der Waals surface area (Å²) in [5.41, 5.74) is 0. The van der Waals surface area contributed by atoms with Gasteiger partial charge in [0, 0.05) is 0 Å². The first-order valence-electron chi connectivity index (χ1n) is 2.79. The lowest BCUT2D eigenvalue weighted by Gasteiger charge is -2.04. The fraction of sp³-hybridized carbons (Fsp3) is 0. The molecule has 0 spiro atoms. The molecule has 0 aromatic heterocycles. The van der Waals surface area contributed by atoms with Crippen molar-refractivity contribution < 1.29 is 18.9 Å². The SMILES string of the molecule is O=P(O)(O)Oc1cc[c]cc1. The van der Waals surface area contributed by atoms with Crippen molar-refractivity contribution in [1.29, 1.82) is 0 Å². The van der Waals surface area contributed by atoms with Crippen LogP contribution in [0.25, 0.3) is 0 Å². The van der Waals surface area contributed by atoms with Crippen LogP contribution < -0.4 is 4.52 Å². The van der Waals surface area contributed by atoms with Gasteiger partial charge in [0.1, 0.15) is 5.75 Å². The molecule has 0 bridgehead atoms. The van der Waals surface area contributed by atoms with E-state index in [1.165, 1.54) is 24.3 Å². The molecule has 0 atom stereocenters. The van der Waals surface area contributed by atoms with Crippen molar-refractivity contribution in [2.24, 2.45) is 0 Å². The fourth-order valence-electron chi connectivity index (χ4n) is 0.570. The third-order valence-electron chi connectivity index (χ3n) is 0.912. The third-order valence-corrected chi connectivity index (χ3v) is 1.36. The predicted octanol–water partition coefficient (Wildman–Crippen LogP) is 0.958. The van der Waals surface area contributed by atoms with Crippen LogP contribution in [0.2, 0.25) is 0 Å². The Labute approximate surface area is 63.7 Å². The van der Waals surface area contributed by atoms with Gasteiger partial charge in [0.05, 0.1) is 0 Å². The summed E-state index contributed by atoms with van der Waals surface area (Å²) in [5, 5.41) is 0. The minimum Gasteiger partial charge on any atom is -0.404 e. The molecule has 5 heteroatoms. The lowest BCUT2D eigenvalue weighted by Crippen LogP contribution is -1.88. The van der Waals surface area contributed by atoms with Crippen LogP contribution in [-0.2, 0) is 4.57 Å². The predicted molar refractivity (Wildman–Crippen MR) is 38.0 cm³/mol. The monoisotopic (exact) mass is 173 g/mol. The zero-order valence-corrected chi connectivity index (χ0v) is 6.36. The molecule has 1 rings (SSSR count). The average Bonchev–Trinajstić information content (AvgIpc) is 1.85. The first-order chi connectivity index (χ1) is 5.08. The number of phosphoric ester groups is 1. The molecule has 11 heavy (non-hydrogen) atoms. The van der Waals surface area contributed by atoms with E-state index in [2.05, 4.69) is 10.6 Å². The van der Waals surface area contributed by atoms with E-state index in [0.717, 1.165) is 0 Å². The first-order valence-corrected chi connectivity index (χ1v) is 4.32. The minimum atomic E-state index is -4.40. The third kappa shape index (κ3) is 3.18. The summed E-state index contributed by atoms with van der Waals surface area (Å²) >= 11 is 0. The molecule has 59 valence electrons. The number of phosphoric acid groups is 1. The quantitative estimate of drug-likeness (QED) is 0.653. The lowest BCUT2D eigenvalue weighted by atomic mass is 10.3. The Kier molecular flexibility index (Phi) is 2.29. The molecule has 1 aromatic carbocycles. The van der Waals surface area contributed by atoms with Crippen molar-refractivity contribution in [3.63, 3.8) is 0 Å². The highest BCUT2D eigenvalue weighted by atomic mass is 31.2. The second kappa shape index (κ2) is 3.05. The van der Waals surface area contributed by atoms with Gasteiger partial charge in [0.2, 0.25) is 0 Å². The number of hydrogen-bond donors (Lipinski definition) is 2. The van der Waals surface area contributed by atoms with Gasteiger partial charge in [-0.3, -0.25) is 9.79 Å². The van der Waals surface area contributed by atoms with Gasteiger partial charge in [-0.1, -0.05) is 12.1 Å². The maximum Gasteiger partial charge on any atom is 0.524 e. The second-order valence-electron chi connectivity index (χ2n) is 1.82. The Bertz CT molecular complexity index is 265. The van der Waals surface area contributed by atoms with Crippen LogP contribution in [0.3, 0.4) is 0 Å². The molecular formula is C6H6O4P. The van der Waals surface area contributed by atoms with Gasteiger partial charge in [0.15, 0.2) is 0 Å². The molecule has 0 saturated heterocycles. The van der Waals surface area contributed by atoms with Gasteiger partial charge in [0.25, 0.3) is 0 Å². The van der Waals surface area contributed by atoms with E-state index in [1.807, 2.05) is 0 Å². The van der Waals surface area contributed by atoms with Crippen LogP contribution in [0, 0.1) is 6.07 Å². The van der Waals surface area contributed by atoms with E-state index in [-0.39, 0.29) is 5.75 Å². The number of benzene rings is 1. The molecule has 2 N–H and O–H groups in total. The van der Waals surface area contributed by atoms with E-state index >= 15 is 0 Å². The molecule has 0 aliphatic heterocycles. The molecule has 4 nitrogen and oxygen atoms in total. The van der Waals surface area contributed by atoms with Crippen molar-refractivity contribution in [2.45, 2.75) is 0 Å². The second-order valence-corrected chi connectivity index (χ2v) is 2.98. The highest BCUT2D eigenvalue weighted by Crippen LogP contribution is 2.36. The van der Waals surface area contributed by atoms with Gasteiger partial charge < -0.3 is 4.52 Å². The standard InChI is InChI=1S/C6H6O4P/c7-11(8,9)10-6-4-2-1-3-5-6/h2-5H,(H2,7,8,9). The normalized spacial score (nSPS) is 11.1. The van der Waals surface area contributed by atoms with E-state index in [0.29, 0.717) is 0 Å². The Morgan fingerprint density at radius 2 is 1.91 bits per heavy atom. The van der Waals surface area contributed by atoms with Crippen LogP contribution >= 0.6 is 7.82 Å². The van der Waals surface area contributed by atoms with Crippen LogP contribution in [0.15, 0.2) is 24.3 Å². The number of hydrogen-bond acceptors (Lipinski definition) is 2. The Morgan fingerprint density at radius 3 is 2.36 bits per heavy atom. The van der Waals surface area contributed by atoms with Crippen LogP contribution in [0.5, 0.6) is 5.75 Å². The maximum atomic E-state index is 10.3. The average molecular weight is 173 g/mol. The smallest absolute Gasteiger partial charge is 0.404 e. The molecular weight excluding hydrogens is 167 g/mol. The minimum absolute atomic E-state index is 0.136. The van der Waals surface area contributed by atoms with E-state index in [1.54, 1.807) is 0 Å². The van der Waals surface area contributed by atoms with Gasteiger partial charge in [-0.25, -0.2) is 4.57 Å². The summed E-state index contributed by atoms with van der Waals surface area (Å²) in [5.74, 6) is 0.136. The largest absolute Gasteiger partial charge is 0.524 e. The van der Waals surface area contributed by atoms with Gasteiger partial charge in [-0.05, 0) is 18.2 Å². The van der Waals surface area contributed by atoms with Crippen molar-refractivity contribution in [1.82, 2.24) is 0 Å². The van der Waals surface area contributed by atoms with E-state index in [9.17, 15) is 4.57 Å². The summed E-state index contributed by atoms with van der Waals surface area (Å²) in [6, 6.07) is 8.53. The van der Waals surface area contributed by atoms with Crippen molar-refractivity contribution in [3.8, 4) is 5.75 Å². The lowest BCUT2D eigenvalue weighted by molar-refractivity contribution is 0.283. The summed E-state index contributed by atoms with van der Waals surface area (Å²) in [4.78, 5) is 16.7. The number of rotatable bonds is 2. The highest BCUT2D eigenvalue weighted by molar-refractivity contribution is 7.46. The summed E-state index contributed by atoms with van der Waals surface area (Å²) < 4.78 is 14.5. The molecule has 0 fully saturated rings. The summed E-state index contributed by atoms with van der Waals surface area (Å²) in [7, 11) is -4.40. The maximum absolute atomic E-state index is 10.3. The van der Waals surface area contributed by atoms with Crippen molar-refractivity contribution in [2.75, 3.05) is 0 Å². The molecule has 0 aliphatic rings. The van der Waals surface area contributed by atoms with Crippen molar-refractivity contribution in [3.05, 3.63) is 30.3 Å². The zero-order valence-electron chi connectivity index (χ0n) is 5.47. The fourth-order valence-corrected chi connectivity index (χ4v) is 0.966. The molecule has 0 heterocycles. The summed E-state index contributed by atoms with van der Waals surface area (Å²) in [6.45, 7) is 0.